The maximum atomic E-state index is 13.7. The number of fused-ring (bicyclic) bond motifs is 2. The minimum Gasteiger partial charge on any atom is -0.494 e. The lowest BCUT2D eigenvalue weighted by atomic mass is 10.1. The highest BCUT2D eigenvalue weighted by Crippen LogP contribution is 2.33. The van der Waals surface area contributed by atoms with Crippen LogP contribution in [0.15, 0.2) is 82.1 Å². The number of carbonyl (C=O) groups excluding carboxylic acids is 5. The topological polar surface area (TPSA) is 308 Å². The summed E-state index contributed by atoms with van der Waals surface area (Å²) in [6.45, 7) is 13.6. The van der Waals surface area contributed by atoms with Crippen molar-refractivity contribution in [3.05, 3.63) is 83.2 Å². The monoisotopic (exact) mass is 908 g/mol. The van der Waals surface area contributed by atoms with Crippen LogP contribution >= 0.6 is 0 Å². The highest BCUT2D eigenvalue weighted by atomic mass is 16.5. The molecular formula is C45H60N14O7. The molecule has 0 atom stereocenters. The molecule has 0 spiro atoms. The van der Waals surface area contributed by atoms with Gasteiger partial charge < -0.3 is 51.8 Å². The van der Waals surface area contributed by atoms with Gasteiger partial charge in [0.2, 0.25) is 29.6 Å². The number of anilines is 2. The number of ether oxygens (including phenoxy) is 2. The number of amides is 5. The molecule has 3 heterocycles. The smallest absolute Gasteiger partial charge is 0.276 e. The van der Waals surface area contributed by atoms with E-state index in [1.807, 2.05) is 19.9 Å². The average Bonchev–Trinajstić information content (AvgIpc) is 3.81. The van der Waals surface area contributed by atoms with Crippen LogP contribution in [-0.2, 0) is 27.5 Å². The van der Waals surface area contributed by atoms with Crippen LogP contribution in [0.3, 0.4) is 0 Å². The molecule has 0 saturated carbocycles. The Morgan fingerprint density at radius 3 is 1.65 bits per heavy atom. The number of carbonyl (C=O) groups is 5. The maximum absolute atomic E-state index is 13.7. The number of piperazine rings is 1. The van der Waals surface area contributed by atoms with E-state index in [2.05, 4.69) is 30.9 Å². The van der Waals surface area contributed by atoms with Crippen LogP contribution in [0.4, 0.5) is 11.9 Å². The van der Waals surface area contributed by atoms with E-state index in [9.17, 15) is 24.0 Å². The fraction of sp³-hybridized carbons (Fsp3) is 0.356. The van der Waals surface area contributed by atoms with Crippen molar-refractivity contribution in [2.45, 2.75) is 54.6 Å². The number of primary amides is 2. The third-order valence-electron chi connectivity index (χ3n) is 9.46. The third kappa shape index (κ3) is 13.1. The lowest BCUT2D eigenvalue weighted by Gasteiger charge is -2.26. The van der Waals surface area contributed by atoms with Gasteiger partial charge in [-0.15, -0.1) is 0 Å². The summed E-state index contributed by atoms with van der Waals surface area (Å²) in [7, 11) is 1.43. The second kappa shape index (κ2) is 24.3. The molecule has 66 heavy (non-hydrogen) atoms. The Morgan fingerprint density at radius 2 is 1.21 bits per heavy atom. The number of benzene rings is 2. The second-order valence-corrected chi connectivity index (χ2v) is 14.4. The molecule has 1 aliphatic rings. The average molecular weight is 909 g/mol. The molecule has 5 rings (SSSR count). The highest BCUT2D eigenvalue weighted by molar-refractivity contribution is 6.47. The van der Waals surface area contributed by atoms with E-state index >= 15 is 0 Å². The number of imidazole rings is 2. The summed E-state index contributed by atoms with van der Waals surface area (Å²) in [5.74, 6) is -1.90. The lowest BCUT2D eigenvalue weighted by Crippen LogP contribution is -2.47. The minimum absolute atomic E-state index is 0.00685. The van der Waals surface area contributed by atoms with E-state index in [0.717, 1.165) is 0 Å². The first kappa shape index (κ1) is 50.8. The third-order valence-corrected chi connectivity index (χ3v) is 9.46. The van der Waals surface area contributed by atoms with Crippen LogP contribution in [0, 0.1) is 0 Å². The van der Waals surface area contributed by atoms with Gasteiger partial charge in [0, 0.05) is 68.3 Å². The summed E-state index contributed by atoms with van der Waals surface area (Å²) >= 11 is 0. The first-order chi connectivity index (χ1) is 31.6. The summed E-state index contributed by atoms with van der Waals surface area (Å²) in [5, 5.41) is 8.69. The Hall–Kier alpha value is -7.81. The Balaban J connectivity index is 0.00000469. The zero-order valence-corrected chi connectivity index (χ0v) is 38.4. The van der Waals surface area contributed by atoms with E-state index in [-0.39, 0.29) is 83.6 Å². The molecule has 2 aromatic heterocycles. The zero-order chi connectivity index (χ0) is 48.5. The zero-order valence-electron chi connectivity index (χ0n) is 38.4. The van der Waals surface area contributed by atoms with Crippen molar-refractivity contribution in [2.75, 3.05) is 63.6 Å². The molecule has 0 bridgehead atoms. The number of hydrogen-bond acceptors (Lipinski definition) is 14. The molecule has 352 valence electrons. The minimum atomic E-state index is -0.725. The van der Waals surface area contributed by atoms with Gasteiger partial charge >= 0.3 is 0 Å². The van der Waals surface area contributed by atoms with E-state index in [1.165, 1.54) is 43.5 Å². The normalized spacial score (nSPS) is 13.9. The van der Waals surface area contributed by atoms with Gasteiger partial charge in [0.25, 0.3) is 11.8 Å². The van der Waals surface area contributed by atoms with Crippen LogP contribution in [0.1, 0.15) is 62.3 Å². The number of nitrogens with two attached hydrogens (primary N) is 4. The van der Waals surface area contributed by atoms with E-state index in [0.29, 0.717) is 60.7 Å². The van der Waals surface area contributed by atoms with Crippen molar-refractivity contribution in [3.8, 4) is 11.5 Å². The number of nitrogens with zero attached hydrogens (tertiary/aromatic N) is 7. The molecule has 2 aromatic carbocycles. The SMILES string of the molecule is CC.CCN=C(/C=C(/C)N)C(=O)Nc1nc2cc(C(N)=O)cc(OC)c2n1C/C=C/Cn1c(NC(=O)C(/C=C(/C)N)=NCC)nc2cc(C(N)=O)cc(OC/C=C/CN3CCNCC3=O)c21. The maximum Gasteiger partial charge on any atom is 0.276 e. The number of allylic oxidation sites excluding steroid dienone is 4. The van der Waals surface area contributed by atoms with Crippen molar-refractivity contribution < 1.29 is 33.4 Å². The molecule has 1 fully saturated rings. The van der Waals surface area contributed by atoms with Gasteiger partial charge in [0.1, 0.15) is 40.6 Å². The summed E-state index contributed by atoms with van der Waals surface area (Å²) < 4.78 is 15.2. The van der Waals surface area contributed by atoms with Gasteiger partial charge in [-0.3, -0.25) is 44.6 Å². The molecule has 5 amide bonds. The Labute approximate surface area is 382 Å². The second-order valence-electron chi connectivity index (χ2n) is 14.4. The molecule has 1 aliphatic heterocycles. The molecule has 0 radical (unpaired) electrons. The predicted octanol–water partition coefficient (Wildman–Crippen LogP) is 2.77. The van der Waals surface area contributed by atoms with Gasteiger partial charge in [0.15, 0.2) is 0 Å². The summed E-state index contributed by atoms with van der Waals surface area (Å²) in [4.78, 5) is 83.8. The van der Waals surface area contributed by atoms with Gasteiger partial charge in [0.05, 0.1) is 24.7 Å². The van der Waals surface area contributed by atoms with Gasteiger partial charge in [-0.1, -0.05) is 32.1 Å². The Morgan fingerprint density at radius 1 is 0.742 bits per heavy atom. The van der Waals surface area contributed by atoms with Gasteiger partial charge in [-0.2, -0.15) is 0 Å². The predicted molar refractivity (Wildman–Crippen MR) is 257 cm³/mol. The Bertz CT molecular complexity index is 2630. The molecule has 0 aliphatic carbocycles. The van der Waals surface area contributed by atoms with Crippen molar-refractivity contribution in [1.29, 1.82) is 0 Å². The number of nitrogens with one attached hydrogen (secondary N) is 3. The molecule has 11 N–H and O–H groups in total. The standard InChI is InChI=1S/C43H54N14O7.C2H6/c1-6-49-31(18-25(3)44)40(61)53-42-51-29-20-27(38(46)59)22-33(63-5)36(29)56(42)14-8-9-15-57-37-30(52-43(57)54-41(62)32(50-7-2)19-26(4)45)21-28(39(47)60)23-34(37)64-17-11-10-13-55-16-12-48-24-35(55)58;1-2/h8-11,18-23,48H,6-7,12-17,24,44-45H2,1-5H3,(H2,46,59)(H2,47,60)(H,51,53,61)(H,52,54,62);1-2H3/b9-8+,11-10+,25-18-,26-19-,49-31?,50-32?;. The van der Waals surface area contributed by atoms with Crippen molar-refractivity contribution in [1.82, 2.24) is 29.3 Å². The van der Waals surface area contributed by atoms with Crippen LogP contribution in [-0.4, -0.2) is 118 Å². The summed E-state index contributed by atoms with van der Waals surface area (Å²) in [6, 6.07) is 5.96. The number of hydrogen-bond donors (Lipinski definition) is 7. The first-order valence-corrected chi connectivity index (χ1v) is 21.4. The van der Waals surface area contributed by atoms with Crippen molar-refractivity contribution >= 4 is 74.9 Å². The molecular weight excluding hydrogens is 849 g/mol. The number of rotatable bonds is 20. The van der Waals surface area contributed by atoms with Gasteiger partial charge in [-0.25, -0.2) is 9.97 Å². The highest BCUT2D eigenvalue weighted by Gasteiger charge is 2.23. The lowest BCUT2D eigenvalue weighted by molar-refractivity contribution is -0.131. The van der Waals surface area contributed by atoms with Crippen molar-refractivity contribution in [2.24, 2.45) is 32.9 Å². The fourth-order valence-electron chi connectivity index (χ4n) is 6.63. The fourth-order valence-corrected chi connectivity index (χ4v) is 6.63. The largest absolute Gasteiger partial charge is 0.494 e. The van der Waals surface area contributed by atoms with E-state index in [4.69, 9.17) is 37.4 Å². The molecule has 21 nitrogen and oxygen atoms in total. The van der Waals surface area contributed by atoms with E-state index in [1.54, 1.807) is 60.0 Å². The van der Waals surface area contributed by atoms with E-state index < -0.39 is 23.6 Å². The van der Waals surface area contributed by atoms with Crippen molar-refractivity contribution in [3.63, 3.8) is 0 Å². The van der Waals surface area contributed by atoms with Crippen LogP contribution in [0.5, 0.6) is 11.5 Å². The number of aliphatic imine (C=N–C) groups is 2. The molecule has 0 unspecified atom stereocenters. The number of aromatic nitrogens is 4. The molecule has 4 aromatic rings. The molecule has 1 saturated heterocycles. The van der Waals surface area contributed by atoms with Crippen LogP contribution in [0.2, 0.25) is 0 Å². The summed E-state index contributed by atoms with van der Waals surface area (Å²) in [6.07, 6.45) is 10.0. The van der Waals surface area contributed by atoms with Gasteiger partial charge in [-0.05, 0) is 70.2 Å². The van der Waals surface area contributed by atoms with Crippen LogP contribution < -0.4 is 48.4 Å². The number of methoxy groups -OCH3 is 1. The first-order valence-electron chi connectivity index (χ1n) is 21.4. The molecule has 21 heteroatoms. The quantitative estimate of drug-likeness (QED) is 0.0498. The van der Waals surface area contributed by atoms with Crippen LogP contribution in [0.25, 0.3) is 22.1 Å². The summed E-state index contributed by atoms with van der Waals surface area (Å²) in [5.41, 5.74) is 25.8. The Kier molecular flexibility index (Phi) is 18.7.